The molecule has 2 unspecified atom stereocenters. The van der Waals surface area contributed by atoms with Crippen LogP contribution in [0.25, 0.3) is 0 Å². The van der Waals surface area contributed by atoms with Crippen molar-refractivity contribution in [2.45, 2.75) is 25.9 Å². The Labute approximate surface area is 108 Å². The Morgan fingerprint density at radius 3 is 2.44 bits per heavy atom. The maximum Gasteiger partial charge on any atom is 0.0815 e. The zero-order valence-electron chi connectivity index (χ0n) is 10.7. The first-order chi connectivity index (χ1) is 8.77. The zero-order valence-corrected chi connectivity index (χ0v) is 10.7. The molecule has 18 heavy (non-hydrogen) atoms. The molecule has 2 heteroatoms. The first-order valence-corrected chi connectivity index (χ1v) is 6.40. The second-order valence-corrected chi connectivity index (χ2v) is 4.69. The summed E-state index contributed by atoms with van der Waals surface area (Å²) in [5.41, 5.74) is 2.08. The van der Waals surface area contributed by atoms with Crippen LogP contribution >= 0.6 is 0 Å². The van der Waals surface area contributed by atoms with E-state index in [1.54, 1.807) is 0 Å². The van der Waals surface area contributed by atoms with Crippen LogP contribution in [0.3, 0.4) is 0 Å². The van der Waals surface area contributed by atoms with E-state index >= 15 is 0 Å². The van der Waals surface area contributed by atoms with Crippen molar-refractivity contribution >= 4 is 0 Å². The van der Waals surface area contributed by atoms with Gasteiger partial charge in [-0.05, 0) is 36.5 Å². The highest BCUT2D eigenvalue weighted by molar-refractivity contribution is 5.17. The van der Waals surface area contributed by atoms with Gasteiger partial charge in [0.1, 0.15) is 0 Å². The van der Waals surface area contributed by atoms with Gasteiger partial charge in [0.25, 0.3) is 0 Å². The number of benzene rings is 1. The highest BCUT2D eigenvalue weighted by atomic mass is 16.3. The van der Waals surface area contributed by atoms with Gasteiger partial charge in [-0.2, -0.15) is 0 Å². The summed E-state index contributed by atoms with van der Waals surface area (Å²) in [7, 11) is 0. The molecule has 0 radical (unpaired) electrons. The molecule has 0 saturated heterocycles. The molecule has 2 nitrogen and oxygen atoms in total. The van der Waals surface area contributed by atoms with E-state index in [-0.39, 0.29) is 5.92 Å². The van der Waals surface area contributed by atoms with E-state index in [0.29, 0.717) is 0 Å². The van der Waals surface area contributed by atoms with Gasteiger partial charge in [0, 0.05) is 11.9 Å². The average molecular weight is 241 g/mol. The van der Waals surface area contributed by atoms with Gasteiger partial charge in [0.15, 0.2) is 0 Å². The Hall–Kier alpha value is -1.67. The van der Waals surface area contributed by atoms with Crippen LogP contribution in [0.5, 0.6) is 0 Å². The first-order valence-electron chi connectivity index (χ1n) is 6.40. The molecule has 2 aromatic rings. The average Bonchev–Trinajstić information content (AvgIpc) is 2.46. The first kappa shape index (κ1) is 12.8. The molecule has 1 aromatic carbocycles. The molecule has 1 heterocycles. The number of nitrogens with zero attached hydrogens (tertiary/aromatic N) is 1. The lowest BCUT2D eigenvalue weighted by Gasteiger charge is -2.18. The molecular weight excluding hydrogens is 222 g/mol. The second kappa shape index (κ2) is 6.31. The summed E-state index contributed by atoms with van der Waals surface area (Å²) >= 11 is 0. The standard InChI is InChI=1S/C16H19NO/c1-13(10-11-15-9-5-6-12-17-15)16(18)14-7-3-2-4-8-14/h2-9,12-13,16,18H,10-11H2,1H3. The maximum absolute atomic E-state index is 10.2. The minimum atomic E-state index is -0.394. The minimum Gasteiger partial charge on any atom is -0.388 e. The Balaban J connectivity index is 1.90. The fourth-order valence-corrected chi connectivity index (χ4v) is 2.06. The highest BCUT2D eigenvalue weighted by Crippen LogP contribution is 2.24. The van der Waals surface area contributed by atoms with Gasteiger partial charge in [-0.15, -0.1) is 0 Å². The molecule has 1 aromatic heterocycles. The van der Waals surface area contributed by atoms with Crippen LogP contribution in [-0.4, -0.2) is 10.1 Å². The summed E-state index contributed by atoms with van der Waals surface area (Å²) in [6, 6.07) is 15.8. The predicted molar refractivity (Wildman–Crippen MR) is 73.1 cm³/mol. The molecule has 0 amide bonds. The van der Waals surface area contributed by atoms with Gasteiger partial charge in [0.2, 0.25) is 0 Å². The van der Waals surface area contributed by atoms with Crippen LogP contribution in [0.4, 0.5) is 0 Å². The van der Waals surface area contributed by atoms with Gasteiger partial charge in [-0.1, -0.05) is 43.3 Å². The number of pyridine rings is 1. The smallest absolute Gasteiger partial charge is 0.0815 e. The molecule has 0 fully saturated rings. The summed E-state index contributed by atoms with van der Waals surface area (Å²) in [5.74, 6) is 0.231. The van der Waals surface area contributed by atoms with E-state index in [1.807, 2.05) is 54.7 Å². The summed E-state index contributed by atoms with van der Waals surface area (Å²) in [5, 5.41) is 10.2. The van der Waals surface area contributed by atoms with Crippen LogP contribution < -0.4 is 0 Å². The summed E-state index contributed by atoms with van der Waals surface area (Å²) < 4.78 is 0. The number of hydrogen-bond donors (Lipinski definition) is 1. The van der Waals surface area contributed by atoms with Crippen LogP contribution in [0.1, 0.15) is 30.7 Å². The number of aryl methyl sites for hydroxylation is 1. The van der Waals surface area contributed by atoms with Gasteiger partial charge >= 0.3 is 0 Å². The summed E-state index contributed by atoms with van der Waals surface area (Å²) in [4.78, 5) is 4.30. The molecule has 0 aliphatic heterocycles. The largest absolute Gasteiger partial charge is 0.388 e. The van der Waals surface area contributed by atoms with Crippen LogP contribution in [0, 0.1) is 5.92 Å². The molecule has 2 rings (SSSR count). The van der Waals surface area contributed by atoms with Crippen molar-refractivity contribution in [2.24, 2.45) is 5.92 Å². The predicted octanol–water partition coefficient (Wildman–Crippen LogP) is 3.38. The van der Waals surface area contributed by atoms with Gasteiger partial charge < -0.3 is 5.11 Å². The summed E-state index contributed by atoms with van der Waals surface area (Å²) in [6.07, 6.45) is 3.27. The SMILES string of the molecule is CC(CCc1ccccn1)C(O)c1ccccc1. The normalized spacial score (nSPS) is 14.1. The van der Waals surface area contributed by atoms with Gasteiger partial charge in [-0.25, -0.2) is 0 Å². The number of hydrogen-bond acceptors (Lipinski definition) is 2. The number of rotatable bonds is 5. The van der Waals surface area contributed by atoms with Crippen molar-refractivity contribution in [3.63, 3.8) is 0 Å². The van der Waals surface area contributed by atoms with E-state index in [2.05, 4.69) is 11.9 Å². The zero-order chi connectivity index (χ0) is 12.8. The lowest BCUT2D eigenvalue weighted by atomic mass is 9.93. The minimum absolute atomic E-state index is 0.231. The molecule has 0 bridgehead atoms. The van der Waals surface area contributed by atoms with E-state index in [9.17, 15) is 5.11 Å². The molecular formula is C16H19NO. The van der Waals surface area contributed by atoms with Gasteiger partial charge in [0.05, 0.1) is 6.10 Å². The summed E-state index contributed by atoms with van der Waals surface area (Å²) in [6.45, 7) is 2.08. The number of aliphatic hydroxyl groups excluding tert-OH is 1. The third-order valence-corrected chi connectivity index (χ3v) is 3.26. The van der Waals surface area contributed by atoms with Crippen molar-refractivity contribution in [3.8, 4) is 0 Å². The van der Waals surface area contributed by atoms with Crippen LogP contribution in [-0.2, 0) is 6.42 Å². The molecule has 94 valence electrons. The van der Waals surface area contributed by atoms with E-state index < -0.39 is 6.10 Å². The van der Waals surface area contributed by atoms with Crippen molar-refractivity contribution < 1.29 is 5.11 Å². The number of aromatic nitrogens is 1. The third-order valence-electron chi connectivity index (χ3n) is 3.26. The Morgan fingerprint density at radius 1 is 1.06 bits per heavy atom. The second-order valence-electron chi connectivity index (χ2n) is 4.69. The topological polar surface area (TPSA) is 33.1 Å². The molecule has 0 saturated carbocycles. The van der Waals surface area contributed by atoms with Crippen molar-refractivity contribution in [3.05, 3.63) is 66.0 Å². The van der Waals surface area contributed by atoms with E-state index in [4.69, 9.17) is 0 Å². The maximum atomic E-state index is 10.2. The van der Waals surface area contributed by atoms with Crippen LogP contribution in [0.2, 0.25) is 0 Å². The fraction of sp³-hybridized carbons (Fsp3) is 0.312. The van der Waals surface area contributed by atoms with Crippen LogP contribution in [0.15, 0.2) is 54.7 Å². The van der Waals surface area contributed by atoms with E-state index in [0.717, 1.165) is 24.1 Å². The van der Waals surface area contributed by atoms with E-state index in [1.165, 1.54) is 0 Å². The molecule has 0 spiro atoms. The quantitative estimate of drug-likeness (QED) is 0.870. The molecule has 2 atom stereocenters. The third kappa shape index (κ3) is 3.41. The molecule has 0 aliphatic carbocycles. The monoisotopic (exact) mass is 241 g/mol. The lowest BCUT2D eigenvalue weighted by Crippen LogP contribution is -2.10. The Kier molecular flexibility index (Phi) is 4.48. The molecule has 0 aliphatic rings. The fourth-order valence-electron chi connectivity index (χ4n) is 2.06. The number of aliphatic hydroxyl groups is 1. The van der Waals surface area contributed by atoms with Crippen molar-refractivity contribution in [1.29, 1.82) is 0 Å². The highest BCUT2D eigenvalue weighted by Gasteiger charge is 2.15. The Bertz CT molecular complexity index is 455. The van der Waals surface area contributed by atoms with Crippen molar-refractivity contribution in [2.75, 3.05) is 0 Å². The van der Waals surface area contributed by atoms with Gasteiger partial charge in [-0.3, -0.25) is 4.98 Å². The Morgan fingerprint density at radius 2 is 1.78 bits per heavy atom. The lowest BCUT2D eigenvalue weighted by molar-refractivity contribution is 0.113. The van der Waals surface area contributed by atoms with Crippen molar-refractivity contribution in [1.82, 2.24) is 4.98 Å². The molecule has 1 N–H and O–H groups in total.